The third kappa shape index (κ3) is 4.59. The molecule has 0 saturated heterocycles. The van der Waals surface area contributed by atoms with Crippen molar-refractivity contribution in [2.45, 2.75) is 45.1 Å². The van der Waals surface area contributed by atoms with E-state index in [4.69, 9.17) is 9.47 Å². The third-order valence-electron chi connectivity index (χ3n) is 4.04. The number of methoxy groups -OCH3 is 1. The summed E-state index contributed by atoms with van der Waals surface area (Å²) in [5, 5.41) is 0. The van der Waals surface area contributed by atoms with Gasteiger partial charge in [-0.3, -0.25) is 9.59 Å². The highest BCUT2D eigenvalue weighted by Crippen LogP contribution is 2.29. The van der Waals surface area contributed by atoms with Crippen LogP contribution in [0.3, 0.4) is 0 Å². The molecule has 0 radical (unpaired) electrons. The average molecular weight is 290 g/mol. The Bertz CT molecular complexity index is 484. The quantitative estimate of drug-likeness (QED) is 0.616. The molecule has 0 aliphatic heterocycles. The molecule has 1 aliphatic carbocycles. The second kappa shape index (κ2) is 7.25. The van der Waals surface area contributed by atoms with E-state index in [1.54, 1.807) is 19.1 Å². The monoisotopic (exact) mass is 290 g/mol. The molecule has 0 amide bonds. The van der Waals surface area contributed by atoms with Crippen LogP contribution in [-0.2, 0) is 9.53 Å². The molecule has 4 heteroatoms. The number of hydrogen-bond acceptors (Lipinski definition) is 4. The van der Waals surface area contributed by atoms with Gasteiger partial charge in [-0.2, -0.15) is 0 Å². The van der Waals surface area contributed by atoms with Gasteiger partial charge in [-0.15, -0.1) is 0 Å². The molecule has 0 atom stereocenters. The Kier molecular flexibility index (Phi) is 5.37. The van der Waals surface area contributed by atoms with Crippen LogP contribution in [0.15, 0.2) is 24.3 Å². The maximum absolute atomic E-state index is 11.3. The van der Waals surface area contributed by atoms with E-state index in [1.165, 1.54) is 7.11 Å². The van der Waals surface area contributed by atoms with Gasteiger partial charge in [0.25, 0.3) is 0 Å². The van der Waals surface area contributed by atoms with Gasteiger partial charge < -0.3 is 9.47 Å². The molecule has 1 aromatic carbocycles. The first-order valence-electron chi connectivity index (χ1n) is 7.43. The minimum absolute atomic E-state index is 0.0601. The summed E-state index contributed by atoms with van der Waals surface area (Å²) in [7, 11) is 1.43. The Morgan fingerprint density at radius 3 is 2.24 bits per heavy atom. The number of ketones is 1. The van der Waals surface area contributed by atoms with Crippen molar-refractivity contribution >= 4 is 11.8 Å². The summed E-state index contributed by atoms with van der Waals surface area (Å²) in [6.07, 6.45) is 4.60. The lowest BCUT2D eigenvalue weighted by Crippen LogP contribution is -2.25. The van der Waals surface area contributed by atoms with E-state index in [-0.39, 0.29) is 17.9 Å². The van der Waals surface area contributed by atoms with Crippen LogP contribution >= 0.6 is 0 Å². The minimum Gasteiger partial charge on any atom is -0.490 e. The summed E-state index contributed by atoms with van der Waals surface area (Å²) in [6, 6.07) is 7.27. The number of carbonyl (C=O) groups is 2. The van der Waals surface area contributed by atoms with Crippen molar-refractivity contribution in [2.75, 3.05) is 7.11 Å². The lowest BCUT2D eigenvalue weighted by atomic mass is 9.85. The van der Waals surface area contributed by atoms with Crippen LogP contribution in [0.2, 0.25) is 0 Å². The Labute approximate surface area is 125 Å². The summed E-state index contributed by atoms with van der Waals surface area (Å²) in [4.78, 5) is 22.5. The normalized spacial score (nSPS) is 21.6. The number of ether oxygens (including phenoxy) is 2. The number of esters is 1. The minimum atomic E-state index is -0.126. The topological polar surface area (TPSA) is 52.6 Å². The van der Waals surface area contributed by atoms with Crippen molar-refractivity contribution in [3.8, 4) is 5.75 Å². The fourth-order valence-electron chi connectivity index (χ4n) is 2.73. The Balaban J connectivity index is 1.80. The largest absolute Gasteiger partial charge is 0.490 e. The molecule has 2 rings (SSSR count). The second-order valence-corrected chi connectivity index (χ2v) is 5.62. The maximum atomic E-state index is 11.3. The molecular weight excluding hydrogens is 268 g/mol. The smallest absolute Gasteiger partial charge is 0.305 e. The predicted molar refractivity (Wildman–Crippen MR) is 79.5 cm³/mol. The predicted octanol–water partition coefficient (Wildman–Crippen LogP) is 3.39. The number of carbonyl (C=O) groups excluding carboxylic acids is 2. The number of Topliss-reactive ketones (excluding diaryl/α,β-unsaturated/α-hetero) is 1. The van der Waals surface area contributed by atoms with Gasteiger partial charge in [0.1, 0.15) is 5.75 Å². The lowest BCUT2D eigenvalue weighted by Gasteiger charge is -2.28. The van der Waals surface area contributed by atoms with Crippen LogP contribution < -0.4 is 4.74 Å². The average Bonchev–Trinajstić information content (AvgIpc) is 2.49. The molecule has 0 heterocycles. The molecule has 0 bridgehead atoms. The van der Waals surface area contributed by atoms with E-state index < -0.39 is 0 Å². The van der Waals surface area contributed by atoms with Crippen molar-refractivity contribution in [3.63, 3.8) is 0 Å². The fourth-order valence-corrected chi connectivity index (χ4v) is 2.73. The van der Waals surface area contributed by atoms with Crippen molar-refractivity contribution in [3.05, 3.63) is 29.8 Å². The zero-order valence-corrected chi connectivity index (χ0v) is 12.6. The molecule has 0 N–H and O–H groups in total. The van der Waals surface area contributed by atoms with Gasteiger partial charge in [-0.05, 0) is 62.8 Å². The van der Waals surface area contributed by atoms with Gasteiger partial charge in [-0.1, -0.05) is 0 Å². The summed E-state index contributed by atoms with van der Waals surface area (Å²) in [5.41, 5.74) is 0.698. The van der Waals surface area contributed by atoms with Gasteiger partial charge in [0, 0.05) is 12.0 Å². The van der Waals surface area contributed by atoms with Gasteiger partial charge in [0.05, 0.1) is 13.2 Å². The molecule has 21 heavy (non-hydrogen) atoms. The summed E-state index contributed by atoms with van der Waals surface area (Å²) >= 11 is 0. The lowest BCUT2D eigenvalue weighted by molar-refractivity contribution is -0.142. The van der Waals surface area contributed by atoms with Crippen LogP contribution in [0.5, 0.6) is 5.75 Å². The van der Waals surface area contributed by atoms with E-state index >= 15 is 0 Å². The van der Waals surface area contributed by atoms with E-state index in [9.17, 15) is 9.59 Å². The van der Waals surface area contributed by atoms with Crippen molar-refractivity contribution < 1.29 is 19.1 Å². The van der Waals surface area contributed by atoms with E-state index in [0.29, 0.717) is 17.9 Å². The first-order valence-corrected chi connectivity index (χ1v) is 7.43. The fraction of sp³-hybridized carbons (Fsp3) is 0.529. The van der Waals surface area contributed by atoms with Crippen LogP contribution in [0.4, 0.5) is 0 Å². The van der Waals surface area contributed by atoms with Crippen molar-refractivity contribution in [1.82, 2.24) is 0 Å². The Morgan fingerprint density at radius 1 is 1.10 bits per heavy atom. The number of hydrogen-bond donors (Lipinski definition) is 0. The molecule has 0 unspecified atom stereocenters. The summed E-state index contributed by atoms with van der Waals surface area (Å²) in [5.74, 6) is 1.15. The first-order chi connectivity index (χ1) is 10.1. The Morgan fingerprint density at radius 2 is 1.71 bits per heavy atom. The Hall–Kier alpha value is -1.84. The van der Waals surface area contributed by atoms with Crippen LogP contribution in [0.1, 0.15) is 49.4 Å². The van der Waals surface area contributed by atoms with E-state index in [2.05, 4.69) is 0 Å². The van der Waals surface area contributed by atoms with Gasteiger partial charge in [0.2, 0.25) is 0 Å². The highest BCUT2D eigenvalue weighted by molar-refractivity contribution is 5.94. The molecule has 1 saturated carbocycles. The molecular formula is C17H22O4. The van der Waals surface area contributed by atoms with Gasteiger partial charge in [-0.25, -0.2) is 0 Å². The molecule has 0 aromatic heterocycles. The van der Waals surface area contributed by atoms with Gasteiger partial charge >= 0.3 is 5.97 Å². The highest BCUT2D eigenvalue weighted by atomic mass is 16.5. The molecule has 1 aromatic rings. The maximum Gasteiger partial charge on any atom is 0.305 e. The zero-order valence-electron chi connectivity index (χ0n) is 12.6. The van der Waals surface area contributed by atoms with Crippen molar-refractivity contribution in [1.29, 1.82) is 0 Å². The van der Waals surface area contributed by atoms with Crippen LogP contribution in [0, 0.1) is 5.92 Å². The third-order valence-corrected chi connectivity index (χ3v) is 4.04. The van der Waals surface area contributed by atoms with E-state index in [0.717, 1.165) is 31.4 Å². The van der Waals surface area contributed by atoms with Crippen molar-refractivity contribution in [2.24, 2.45) is 5.92 Å². The molecule has 1 fully saturated rings. The first kappa shape index (κ1) is 15.5. The molecule has 4 nitrogen and oxygen atoms in total. The van der Waals surface area contributed by atoms with E-state index in [1.807, 2.05) is 12.1 Å². The van der Waals surface area contributed by atoms with Crippen LogP contribution in [-0.4, -0.2) is 25.0 Å². The molecule has 0 spiro atoms. The summed E-state index contributed by atoms with van der Waals surface area (Å²) in [6.45, 7) is 1.55. The van der Waals surface area contributed by atoms with Crippen LogP contribution in [0.25, 0.3) is 0 Å². The molecule has 1 aliphatic rings. The highest BCUT2D eigenvalue weighted by Gasteiger charge is 2.24. The second-order valence-electron chi connectivity index (χ2n) is 5.62. The zero-order chi connectivity index (χ0) is 15.2. The SMILES string of the molecule is COC(=O)C[C@H]1CC[C@@H](Oc2ccc(C(C)=O)cc2)CC1. The standard InChI is InChI=1S/C17H22O4/c1-12(18)14-5-9-16(10-6-14)21-15-7-3-13(4-8-15)11-17(19)20-2/h5-6,9-10,13,15H,3-4,7-8,11H2,1-2H3/t13-,15+. The number of benzene rings is 1. The molecule has 114 valence electrons. The summed E-state index contributed by atoms with van der Waals surface area (Å²) < 4.78 is 10.7. The van der Waals surface area contributed by atoms with Gasteiger partial charge in [0.15, 0.2) is 5.78 Å². The number of rotatable bonds is 5.